The van der Waals surface area contributed by atoms with Gasteiger partial charge in [-0.3, -0.25) is 4.57 Å². The zero-order valence-electron chi connectivity index (χ0n) is 22.0. The number of nitrogens with zero attached hydrogens (tertiary/aromatic N) is 4. The van der Waals surface area contributed by atoms with E-state index in [2.05, 4.69) is 76.1 Å². The Labute approximate surface area is 204 Å². The topological polar surface area (TPSA) is 101 Å². The van der Waals surface area contributed by atoms with E-state index in [0.717, 1.165) is 6.04 Å². The van der Waals surface area contributed by atoms with Crippen LogP contribution in [0.4, 0.5) is 0 Å². The van der Waals surface area contributed by atoms with E-state index in [4.69, 9.17) is 18.3 Å². The third-order valence-electron chi connectivity index (χ3n) is 6.73. The normalized spacial score (nSPS) is 27.7. The maximum absolute atomic E-state index is 11.4. The van der Waals surface area contributed by atoms with Crippen LogP contribution in [0, 0.1) is 0 Å². The van der Waals surface area contributed by atoms with Crippen molar-refractivity contribution in [2.45, 2.75) is 102 Å². The first kappa shape index (κ1) is 25.7. The van der Waals surface area contributed by atoms with Crippen LogP contribution < -0.4 is 4.74 Å². The number of hydrogen-bond donors (Lipinski definition) is 1. The molecule has 0 aromatic carbocycles. The van der Waals surface area contributed by atoms with Crippen molar-refractivity contribution in [2.75, 3.05) is 13.2 Å². The number of aliphatic hydroxyl groups is 1. The Bertz CT molecular complexity index is 1010. The van der Waals surface area contributed by atoms with E-state index < -0.39 is 35.1 Å². The van der Waals surface area contributed by atoms with Gasteiger partial charge in [-0.1, -0.05) is 61.2 Å². The third-order valence-corrected chi connectivity index (χ3v) is 13.6. The molecule has 4 rings (SSSR count). The van der Waals surface area contributed by atoms with Crippen molar-refractivity contribution in [2.24, 2.45) is 0 Å². The van der Waals surface area contributed by atoms with Crippen LogP contribution in [0.1, 0.15) is 47.8 Å². The van der Waals surface area contributed by atoms with E-state index in [1.54, 1.807) is 10.9 Å². The second kappa shape index (κ2) is 8.63. The molecule has 4 atom stereocenters. The molecule has 9 nitrogen and oxygen atoms in total. The number of imidazole rings is 1. The van der Waals surface area contributed by atoms with E-state index in [9.17, 15) is 5.11 Å². The summed E-state index contributed by atoms with van der Waals surface area (Å²) in [5, 5.41) is 11.0. The molecule has 0 amide bonds. The van der Waals surface area contributed by atoms with Gasteiger partial charge in [-0.25, -0.2) is 9.97 Å². The second-order valence-corrected chi connectivity index (χ2v) is 23.1. The third kappa shape index (κ3) is 4.46. The summed E-state index contributed by atoms with van der Waals surface area (Å²) in [6, 6.07) is 1.03. The van der Waals surface area contributed by atoms with Gasteiger partial charge >= 0.3 is 8.56 Å². The molecule has 2 aliphatic rings. The van der Waals surface area contributed by atoms with Crippen LogP contribution in [-0.2, 0) is 13.6 Å². The predicted octanol–water partition coefficient (Wildman–Crippen LogP) is 4.26. The van der Waals surface area contributed by atoms with Crippen molar-refractivity contribution in [1.29, 1.82) is 0 Å². The van der Waals surface area contributed by atoms with Crippen LogP contribution in [0.25, 0.3) is 11.2 Å². The number of aliphatic hydroxyl groups excluding tert-OH is 1. The highest BCUT2D eigenvalue weighted by Gasteiger charge is 2.65. The number of fused-ring (bicyclic) bond motifs is 2. The smallest absolute Gasteiger partial charge is 0.349 e. The van der Waals surface area contributed by atoms with E-state index in [0.29, 0.717) is 30.3 Å². The van der Waals surface area contributed by atoms with E-state index in [-0.39, 0.29) is 16.2 Å². The first-order chi connectivity index (χ1) is 15.6. The van der Waals surface area contributed by atoms with Crippen molar-refractivity contribution in [3.63, 3.8) is 0 Å². The van der Waals surface area contributed by atoms with Crippen molar-refractivity contribution in [3.8, 4) is 5.88 Å². The number of ether oxygens (including phenoxy) is 2. The molecule has 0 radical (unpaired) electrons. The molecule has 1 N–H and O–H groups in total. The number of aromatic nitrogens is 4. The maximum Gasteiger partial charge on any atom is 0.349 e. The summed E-state index contributed by atoms with van der Waals surface area (Å²) < 4.78 is 27.2. The predicted molar refractivity (Wildman–Crippen MR) is 135 cm³/mol. The zero-order valence-corrected chi connectivity index (χ0v) is 24.0. The average Bonchev–Trinajstić information content (AvgIpc) is 3.26. The molecular weight excluding hydrogens is 468 g/mol. The Kier molecular flexibility index (Phi) is 6.53. The van der Waals surface area contributed by atoms with Crippen LogP contribution in [-0.4, -0.2) is 72.8 Å². The van der Waals surface area contributed by atoms with Crippen LogP contribution in [0.2, 0.25) is 35.8 Å². The van der Waals surface area contributed by atoms with Gasteiger partial charge in [0.15, 0.2) is 17.4 Å². The molecule has 2 aliphatic heterocycles. The lowest BCUT2D eigenvalue weighted by atomic mass is 10.1. The Hall–Kier alpha value is -1.38. The average molecular weight is 509 g/mol. The SMILES string of the molecule is CC(C)(C)[Si]1(C(C)(C)C)OC[C@H]2O[C@@H](n3cnc4c(OCC[Si](C)(C)C)ncnc43)[C@H](O)[C@@H]2O1. The molecule has 2 saturated heterocycles. The van der Waals surface area contributed by atoms with Crippen molar-refractivity contribution in [3.05, 3.63) is 12.7 Å². The first-order valence-electron chi connectivity index (χ1n) is 12.1. The van der Waals surface area contributed by atoms with Gasteiger partial charge in [-0.05, 0) is 6.04 Å². The summed E-state index contributed by atoms with van der Waals surface area (Å²) in [5.74, 6) is 0.457. The molecule has 0 saturated carbocycles. The van der Waals surface area contributed by atoms with Crippen LogP contribution in [0.3, 0.4) is 0 Å². The van der Waals surface area contributed by atoms with E-state index in [1.807, 2.05) is 0 Å². The van der Waals surface area contributed by atoms with Crippen LogP contribution >= 0.6 is 0 Å². The second-order valence-electron chi connectivity index (χ2n) is 12.7. The largest absolute Gasteiger partial charge is 0.476 e. The minimum Gasteiger partial charge on any atom is -0.476 e. The van der Waals surface area contributed by atoms with Gasteiger partial charge in [-0.2, -0.15) is 4.98 Å². The molecule has 190 valence electrons. The Balaban J connectivity index is 1.59. The zero-order chi connectivity index (χ0) is 25.1. The lowest BCUT2D eigenvalue weighted by molar-refractivity contribution is -0.0795. The van der Waals surface area contributed by atoms with Crippen molar-refractivity contribution in [1.82, 2.24) is 19.5 Å². The highest BCUT2D eigenvalue weighted by Crippen LogP contribution is 2.55. The monoisotopic (exact) mass is 508 g/mol. The minimum atomic E-state index is -2.73. The fourth-order valence-electron chi connectivity index (χ4n) is 5.14. The lowest BCUT2D eigenvalue weighted by Crippen LogP contribution is -2.65. The maximum atomic E-state index is 11.4. The van der Waals surface area contributed by atoms with Gasteiger partial charge in [0.05, 0.1) is 19.5 Å². The Morgan fingerprint density at radius 3 is 2.41 bits per heavy atom. The summed E-state index contributed by atoms with van der Waals surface area (Å²) >= 11 is 0. The number of hydrogen-bond acceptors (Lipinski definition) is 8. The fourth-order valence-corrected chi connectivity index (χ4v) is 10.8. The molecule has 11 heteroatoms. The Morgan fingerprint density at radius 1 is 1.12 bits per heavy atom. The molecule has 0 aliphatic carbocycles. The molecule has 0 unspecified atom stereocenters. The van der Waals surface area contributed by atoms with Gasteiger partial charge in [0.2, 0.25) is 5.88 Å². The lowest BCUT2D eigenvalue weighted by Gasteiger charge is -2.53. The molecule has 2 fully saturated rings. The minimum absolute atomic E-state index is 0.175. The van der Waals surface area contributed by atoms with E-state index in [1.165, 1.54) is 6.33 Å². The van der Waals surface area contributed by atoms with Crippen LogP contribution in [0.5, 0.6) is 5.88 Å². The van der Waals surface area contributed by atoms with Crippen molar-refractivity contribution < 1.29 is 23.4 Å². The van der Waals surface area contributed by atoms with E-state index >= 15 is 0 Å². The van der Waals surface area contributed by atoms with Gasteiger partial charge in [0.25, 0.3) is 0 Å². The highest BCUT2D eigenvalue weighted by atomic mass is 28.4. The molecule has 2 aromatic heterocycles. The first-order valence-corrected chi connectivity index (χ1v) is 17.6. The molecule has 4 heterocycles. The summed E-state index contributed by atoms with van der Waals surface area (Å²) in [4.78, 5) is 13.2. The van der Waals surface area contributed by atoms with Gasteiger partial charge in [-0.15, -0.1) is 0 Å². The fraction of sp³-hybridized carbons (Fsp3) is 0.783. The summed E-state index contributed by atoms with van der Waals surface area (Å²) in [6.07, 6.45) is 0.699. The van der Waals surface area contributed by atoms with Crippen molar-refractivity contribution >= 4 is 27.8 Å². The van der Waals surface area contributed by atoms with Gasteiger partial charge < -0.3 is 23.4 Å². The highest BCUT2D eigenvalue weighted by molar-refractivity contribution is 6.76. The van der Waals surface area contributed by atoms with Gasteiger partial charge in [0.1, 0.15) is 24.6 Å². The number of rotatable bonds is 5. The summed E-state index contributed by atoms with van der Waals surface area (Å²) in [6.45, 7) is 20.9. The quantitative estimate of drug-likeness (QED) is 0.598. The molecule has 0 bridgehead atoms. The summed E-state index contributed by atoms with van der Waals surface area (Å²) in [5.41, 5.74) is 1.13. The molecule has 34 heavy (non-hydrogen) atoms. The standard InChI is InChI=1S/C23H40N4O5Si2/c1-22(2,3)34(23(4,5)6)30-12-15-18(32-34)17(28)21(31-15)27-14-26-16-19(27)24-13-25-20(16)29-10-11-33(7,8)9/h13-15,17-18,21,28H,10-12H2,1-9H3/t15-,17-,18-,21-/m1/s1. The van der Waals surface area contributed by atoms with Gasteiger partial charge in [0, 0.05) is 18.2 Å². The molecule has 0 spiro atoms. The Morgan fingerprint density at radius 2 is 1.79 bits per heavy atom. The van der Waals surface area contributed by atoms with Crippen LogP contribution in [0.15, 0.2) is 12.7 Å². The summed E-state index contributed by atoms with van der Waals surface area (Å²) in [7, 11) is -3.96. The molecular formula is C23H40N4O5Si2. The molecule has 2 aromatic rings.